The molecule has 0 aromatic carbocycles. The quantitative estimate of drug-likeness (QED) is 0.803. The summed E-state index contributed by atoms with van der Waals surface area (Å²) in [6.07, 6.45) is 3.72. The summed E-state index contributed by atoms with van der Waals surface area (Å²) < 4.78 is 5.43. The molecule has 4 nitrogen and oxygen atoms in total. The Morgan fingerprint density at radius 3 is 3.25 bits per heavy atom. The maximum absolute atomic E-state index is 5.43. The Balaban J connectivity index is 1.77. The maximum Gasteiger partial charge on any atom is 0.0632 e. The lowest BCUT2D eigenvalue weighted by atomic mass is 10.2. The molecule has 2 heterocycles. The Kier molecular flexibility index (Phi) is 4.27. The topological polar surface area (TPSA) is 37.4 Å². The van der Waals surface area contributed by atoms with Crippen molar-refractivity contribution >= 4 is 0 Å². The smallest absolute Gasteiger partial charge is 0.0632 e. The first-order valence-electron chi connectivity index (χ1n) is 5.73. The molecule has 1 aliphatic rings. The number of hydrogen-bond donors (Lipinski definition) is 1. The molecule has 88 valence electrons. The fourth-order valence-electron chi connectivity index (χ4n) is 1.98. The van der Waals surface area contributed by atoms with Gasteiger partial charge in [-0.15, -0.1) is 0 Å². The van der Waals surface area contributed by atoms with E-state index in [4.69, 9.17) is 4.74 Å². The minimum Gasteiger partial charge on any atom is -0.378 e. The van der Waals surface area contributed by atoms with Crippen LogP contribution < -0.4 is 5.32 Å². The average Bonchev–Trinajstić information content (AvgIpc) is 2.31. The van der Waals surface area contributed by atoms with Gasteiger partial charge >= 0.3 is 0 Å². The second-order valence-corrected chi connectivity index (χ2v) is 4.28. The number of hydrogen-bond acceptors (Lipinski definition) is 4. The third-order valence-electron chi connectivity index (χ3n) is 2.71. The first kappa shape index (κ1) is 11.5. The van der Waals surface area contributed by atoms with Crippen molar-refractivity contribution in [1.82, 2.24) is 15.2 Å². The second kappa shape index (κ2) is 5.94. The van der Waals surface area contributed by atoms with Crippen LogP contribution in [0.5, 0.6) is 0 Å². The minimum atomic E-state index is 0.454. The SMILES string of the molecule is CN(Cc1cccnc1)CC1COCCN1. The van der Waals surface area contributed by atoms with Gasteiger partial charge in [0.05, 0.1) is 13.2 Å². The molecule has 1 fully saturated rings. The van der Waals surface area contributed by atoms with Crippen LogP contribution in [0.4, 0.5) is 0 Å². The minimum absolute atomic E-state index is 0.454. The van der Waals surface area contributed by atoms with Crippen molar-refractivity contribution in [3.63, 3.8) is 0 Å². The molecule has 1 atom stereocenters. The maximum atomic E-state index is 5.43. The lowest BCUT2D eigenvalue weighted by molar-refractivity contribution is 0.0645. The van der Waals surface area contributed by atoms with Crippen LogP contribution in [-0.4, -0.2) is 49.3 Å². The first-order valence-corrected chi connectivity index (χ1v) is 5.73. The Bertz CT molecular complexity index is 298. The number of rotatable bonds is 4. The summed E-state index contributed by atoms with van der Waals surface area (Å²) in [5.41, 5.74) is 1.25. The van der Waals surface area contributed by atoms with Gasteiger partial charge in [0.25, 0.3) is 0 Å². The van der Waals surface area contributed by atoms with Crippen LogP contribution in [0.15, 0.2) is 24.5 Å². The van der Waals surface area contributed by atoms with Crippen LogP contribution in [0.3, 0.4) is 0 Å². The van der Waals surface area contributed by atoms with E-state index in [1.54, 1.807) is 6.20 Å². The zero-order valence-electron chi connectivity index (χ0n) is 9.72. The lowest BCUT2D eigenvalue weighted by Crippen LogP contribution is -2.47. The summed E-state index contributed by atoms with van der Waals surface area (Å²) in [6, 6.07) is 4.54. The van der Waals surface area contributed by atoms with Gasteiger partial charge in [-0.25, -0.2) is 0 Å². The molecule has 1 unspecified atom stereocenters. The van der Waals surface area contributed by atoms with Gasteiger partial charge < -0.3 is 15.0 Å². The van der Waals surface area contributed by atoms with Crippen molar-refractivity contribution in [2.75, 3.05) is 33.4 Å². The molecule has 0 aliphatic carbocycles. The zero-order valence-corrected chi connectivity index (χ0v) is 9.72. The van der Waals surface area contributed by atoms with Gasteiger partial charge in [0.2, 0.25) is 0 Å². The molecule has 0 spiro atoms. The van der Waals surface area contributed by atoms with E-state index in [0.29, 0.717) is 6.04 Å². The molecular formula is C12H19N3O. The lowest BCUT2D eigenvalue weighted by Gasteiger charge is -2.28. The third-order valence-corrected chi connectivity index (χ3v) is 2.71. The van der Waals surface area contributed by atoms with Crippen molar-refractivity contribution in [1.29, 1.82) is 0 Å². The van der Waals surface area contributed by atoms with Gasteiger partial charge in [-0.05, 0) is 18.7 Å². The highest BCUT2D eigenvalue weighted by molar-refractivity contribution is 5.07. The van der Waals surface area contributed by atoms with E-state index in [0.717, 1.165) is 32.8 Å². The van der Waals surface area contributed by atoms with Crippen LogP contribution in [0.1, 0.15) is 5.56 Å². The highest BCUT2D eigenvalue weighted by atomic mass is 16.5. The number of ether oxygens (including phenoxy) is 1. The molecule has 16 heavy (non-hydrogen) atoms. The van der Waals surface area contributed by atoms with Crippen LogP contribution in [0.2, 0.25) is 0 Å². The number of nitrogens with one attached hydrogen (secondary N) is 1. The molecular weight excluding hydrogens is 202 g/mol. The fraction of sp³-hybridized carbons (Fsp3) is 0.583. The number of aromatic nitrogens is 1. The van der Waals surface area contributed by atoms with Crippen molar-refractivity contribution in [2.45, 2.75) is 12.6 Å². The molecule has 0 radical (unpaired) electrons. The molecule has 0 saturated carbocycles. The van der Waals surface area contributed by atoms with Crippen LogP contribution in [-0.2, 0) is 11.3 Å². The van der Waals surface area contributed by atoms with Crippen molar-refractivity contribution in [2.24, 2.45) is 0 Å². The summed E-state index contributed by atoms with van der Waals surface area (Å²) in [6.45, 7) is 4.56. The third kappa shape index (κ3) is 3.56. The highest BCUT2D eigenvalue weighted by Gasteiger charge is 2.14. The van der Waals surface area contributed by atoms with Crippen molar-refractivity contribution in [3.8, 4) is 0 Å². The molecule has 1 aliphatic heterocycles. The van der Waals surface area contributed by atoms with Crippen molar-refractivity contribution in [3.05, 3.63) is 30.1 Å². The Hall–Kier alpha value is -0.970. The summed E-state index contributed by atoms with van der Waals surface area (Å²) >= 11 is 0. The molecule has 4 heteroatoms. The summed E-state index contributed by atoms with van der Waals surface area (Å²) in [5.74, 6) is 0. The summed E-state index contributed by atoms with van der Waals surface area (Å²) in [7, 11) is 2.13. The highest BCUT2D eigenvalue weighted by Crippen LogP contribution is 2.02. The van der Waals surface area contributed by atoms with E-state index >= 15 is 0 Å². The van der Waals surface area contributed by atoms with E-state index in [1.165, 1.54) is 5.56 Å². The van der Waals surface area contributed by atoms with E-state index in [9.17, 15) is 0 Å². The van der Waals surface area contributed by atoms with Gasteiger partial charge in [-0.1, -0.05) is 6.07 Å². The van der Waals surface area contributed by atoms with Crippen LogP contribution in [0.25, 0.3) is 0 Å². The largest absolute Gasteiger partial charge is 0.378 e. The molecule has 1 aromatic heterocycles. The summed E-state index contributed by atoms with van der Waals surface area (Å²) in [4.78, 5) is 6.41. The Labute approximate surface area is 96.6 Å². The van der Waals surface area contributed by atoms with Gasteiger partial charge in [-0.3, -0.25) is 4.98 Å². The number of pyridine rings is 1. The van der Waals surface area contributed by atoms with Gasteiger partial charge in [0.1, 0.15) is 0 Å². The van der Waals surface area contributed by atoms with E-state index in [1.807, 2.05) is 12.3 Å². The van der Waals surface area contributed by atoms with Crippen LogP contribution >= 0.6 is 0 Å². The van der Waals surface area contributed by atoms with Gasteiger partial charge in [-0.2, -0.15) is 0 Å². The molecule has 2 rings (SSSR count). The van der Waals surface area contributed by atoms with E-state index in [2.05, 4.69) is 28.3 Å². The van der Waals surface area contributed by atoms with E-state index in [-0.39, 0.29) is 0 Å². The normalized spacial score (nSPS) is 21.2. The summed E-state index contributed by atoms with van der Waals surface area (Å²) in [5, 5.41) is 3.45. The molecule has 0 amide bonds. The zero-order chi connectivity index (χ0) is 11.2. The monoisotopic (exact) mass is 221 g/mol. The number of likely N-dealkylation sites (N-methyl/N-ethyl adjacent to an activating group) is 1. The number of morpholine rings is 1. The van der Waals surface area contributed by atoms with E-state index < -0.39 is 0 Å². The molecule has 1 saturated heterocycles. The average molecular weight is 221 g/mol. The Morgan fingerprint density at radius 2 is 2.56 bits per heavy atom. The fourth-order valence-corrected chi connectivity index (χ4v) is 1.98. The second-order valence-electron chi connectivity index (χ2n) is 4.28. The van der Waals surface area contributed by atoms with Gasteiger partial charge in [0, 0.05) is 38.1 Å². The predicted molar refractivity (Wildman–Crippen MR) is 63.2 cm³/mol. The Morgan fingerprint density at radius 1 is 1.62 bits per heavy atom. The van der Waals surface area contributed by atoms with Gasteiger partial charge in [0.15, 0.2) is 0 Å². The van der Waals surface area contributed by atoms with Crippen LogP contribution in [0, 0.1) is 0 Å². The first-order chi connectivity index (χ1) is 7.84. The van der Waals surface area contributed by atoms with Crippen molar-refractivity contribution < 1.29 is 4.74 Å². The molecule has 0 bridgehead atoms. The number of nitrogens with zero attached hydrogens (tertiary/aromatic N) is 2. The standard InChI is InChI=1S/C12H19N3O/c1-15(8-11-3-2-4-13-7-11)9-12-10-16-6-5-14-12/h2-4,7,12,14H,5-6,8-10H2,1H3. The molecule has 1 aromatic rings. The predicted octanol–water partition coefficient (Wildman–Crippen LogP) is 0.502. The molecule has 1 N–H and O–H groups in total.